The third-order valence-electron chi connectivity index (χ3n) is 3.88. The SMILES string of the molecule is O=CC=CN1CCN(c2nccnc2Nc2ncc(C(F)(F)F)cn2)CC1. The van der Waals surface area contributed by atoms with E-state index >= 15 is 0 Å². The molecule has 27 heavy (non-hydrogen) atoms. The summed E-state index contributed by atoms with van der Waals surface area (Å²) in [5.41, 5.74) is -0.924. The van der Waals surface area contributed by atoms with Gasteiger partial charge in [-0.05, 0) is 6.08 Å². The van der Waals surface area contributed by atoms with Crippen LogP contribution in [0.2, 0.25) is 0 Å². The second-order valence-corrected chi connectivity index (χ2v) is 5.65. The van der Waals surface area contributed by atoms with Crippen LogP contribution < -0.4 is 10.2 Å². The molecule has 3 rings (SSSR count). The predicted octanol–water partition coefficient (Wildman–Crippen LogP) is 1.86. The van der Waals surface area contributed by atoms with Crippen LogP contribution >= 0.6 is 0 Å². The van der Waals surface area contributed by atoms with Gasteiger partial charge >= 0.3 is 6.18 Å². The van der Waals surface area contributed by atoms with Crippen molar-refractivity contribution in [3.63, 3.8) is 0 Å². The molecule has 0 radical (unpaired) electrons. The first-order chi connectivity index (χ1) is 13.0. The molecular formula is C16H16F3N7O. The number of hydrogen-bond donors (Lipinski definition) is 1. The van der Waals surface area contributed by atoms with Crippen molar-refractivity contribution in [3.8, 4) is 0 Å². The Morgan fingerprint density at radius 1 is 1.00 bits per heavy atom. The van der Waals surface area contributed by atoms with Gasteiger partial charge in [0.15, 0.2) is 11.6 Å². The average molecular weight is 379 g/mol. The Morgan fingerprint density at radius 3 is 2.30 bits per heavy atom. The van der Waals surface area contributed by atoms with E-state index in [1.807, 2.05) is 9.80 Å². The lowest BCUT2D eigenvalue weighted by molar-refractivity contribution is -0.138. The highest BCUT2D eigenvalue weighted by Gasteiger charge is 2.31. The maximum atomic E-state index is 12.6. The maximum absolute atomic E-state index is 12.6. The molecule has 0 aromatic carbocycles. The number of alkyl halides is 3. The Kier molecular flexibility index (Phi) is 5.48. The van der Waals surface area contributed by atoms with Crippen LogP contribution in [-0.4, -0.2) is 57.3 Å². The minimum absolute atomic E-state index is 0.00250. The highest BCUT2D eigenvalue weighted by atomic mass is 19.4. The second kappa shape index (κ2) is 7.98. The van der Waals surface area contributed by atoms with Crippen LogP contribution in [-0.2, 0) is 11.0 Å². The molecule has 1 fully saturated rings. The summed E-state index contributed by atoms with van der Waals surface area (Å²) >= 11 is 0. The van der Waals surface area contributed by atoms with Gasteiger partial charge in [0.2, 0.25) is 5.95 Å². The van der Waals surface area contributed by atoms with Gasteiger partial charge in [-0.25, -0.2) is 19.9 Å². The Balaban J connectivity index is 1.71. The first-order valence-corrected chi connectivity index (χ1v) is 8.05. The van der Waals surface area contributed by atoms with Gasteiger partial charge in [0.1, 0.15) is 6.29 Å². The van der Waals surface area contributed by atoms with E-state index in [4.69, 9.17) is 0 Å². The van der Waals surface area contributed by atoms with Gasteiger partial charge in [-0.3, -0.25) is 4.79 Å². The fourth-order valence-corrected chi connectivity index (χ4v) is 2.53. The number of aromatic nitrogens is 4. The van der Waals surface area contributed by atoms with E-state index in [0.717, 1.165) is 6.29 Å². The van der Waals surface area contributed by atoms with E-state index in [1.165, 1.54) is 18.5 Å². The minimum atomic E-state index is -4.49. The van der Waals surface area contributed by atoms with Crippen LogP contribution in [0.5, 0.6) is 0 Å². The number of aldehydes is 1. The number of anilines is 3. The molecule has 0 bridgehead atoms. The average Bonchev–Trinajstić information content (AvgIpc) is 2.67. The Hall–Kier alpha value is -3.24. The topological polar surface area (TPSA) is 87.1 Å². The highest BCUT2D eigenvalue weighted by Crippen LogP contribution is 2.29. The summed E-state index contributed by atoms with van der Waals surface area (Å²) < 4.78 is 37.8. The summed E-state index contributed by atoms with van der Waals surface area (Å²) in [6, 6.07) is 0. The number of nitrogens with zero attached hydrogens (tertiary/aromatic N) is 6. The number of piperazine rings is 1. The maximum Gasteiger partial charge on any atom is 0.419 e. The van der Waals surface area contributed by atoms with Crippen molar-refractivity contribution < 1.29 is 18.0 Å². The van der Waals surface area contributed by atoms with E-state index in [-0.39, 0.29) is 5.95 Å². The fraction of sp³-hybridized carbons (Fsp3) is 0.312. The zero-order chi connectivity index (χ0) is 19.3. The second-order valence-electron chi connectivity index (χ2n) is 5.65. The Labute approximate surface area is 152 Å². The molecule has 1 N–H and O–H groups in total. The summed E-state index contributed by atoms with van der Waals surface area (Å²) in [6.45, 7) is 2.67. The van der Waals surface area contributed by atoms with Gasteiger partial charge in [0.05, 0.1) is 5.56 Å². The predicted molar refractivity (Wildman–Crippen MR) is 91.3 cm³/mol. The van der Waals surface area contributed by atoms with Crippen molar-refractivity contribution >= 4 is 23.9 Å². The number of nitrogens with one attached hydrogen (secondary N) is 1. The first-order valence-electron chi connectivity index (χ1n) is 8.05. The molecule has 142 valence electrons. The number of hydrogen-bond acceptors (Lipinski definition) is 8. The van der Waals surface area contributed by atoms with Gasteiger partial charge < -0.3 is 15.1 Å². The number of halogens is 3. The van der Waals surface area contributed by atoms with Gasteiger partial charge in [0.25, 0.3) is 0 Å². The summed E-state index contributed by atoms with van der Waals surface area (Å²) in [5, 5.41) is 2.82. The van der Waals surface area contributed by atoms with E-state index in [0.29, 0.717) is 50.2 Å². The van der Waals surface area contributed by atoms with Crippen molar-refractivity contribution in [1.29, 1.82) is 0 Å². The molecule has 0 unspecified atom stereocenters. The molecule has 2 aromatic rings. The monoisotopic (exact) mass is 379 g/mol. The summed E-state index contributed by atoms with van der Waals surface area (Å²) in [5.74, 6) is 0.909. The molecular weight excluding hydrogens is 363 g/mol. The van der Waals surface area contributed by atoms with Crippen molar-refractivity contribution in [1.82, 2.24) is 24.8 Å². The molecule has 3 heterocycles. The van der Waals surface area contributed by atoms with E-state index in [9.17, 15) is 18.0 Å². The lowest BCUT2D eigenvalue weighted by Gasteiger charge is -2.35. The Bertz CT molecular complexity index is 802. The molecule has 0 atom stereocenters. The summed E-state index contributed by atoms with van der Waals surface area (Å²) in [7, 11) is 0. The highest BCUT2D eigenvalue weighted by molar-refractivity contribution is 5.65. The van der Waals surface area contributed by atoms with E-state index < -0.39 is 11.7 Å². The normalized spacial score (nSPS) is 15.2. The molecule has 2 aromatic heterocycles. The smallest absolute Gasteiger partial charge is 0.374 e. The first kappa shape index (κ1) is 18.5. The summed E-state index contributed by atoms with van der Waals surface area (Å²) in [6.07, 6.45) is 3.83. The molecule has 1 aliphatic heterocycles. The minimum Gasteiger partial charge on any atom is -0.374 e. The van der Waals surface area contributed by atoms with Gasteiger partial charge in [-0.2, -0.15) is 13.2 Å². The van der Waals surface area contributed by atoms with Gasteiger partial charge in [-0.1, -0.05) is 0 Å². The van der Waals surface area contributed by atoms with Crippen LogP contribution in [0.15, 0.2) is 37.1 Å². The number of rotatable bonds is 5. The lowest BCUT2D eigenvalue weighted by Crippen LogP contribution is -2.44. The molecule has 0 aliphatic carbocycles. The third kappa shape index (κ3) is 4.68. The lowest BCUT2D eigenvalue weighted by atomic mass is 10.3. The molecule has 1 saturated heterocycles. The molecule has 0 spiro atoms. The molecule has 11 heteroatoms. The third-order valence-corrected chi connectivity index (χ3v) is 3.88. The van der Waals surface area contributed by atoms with Crippen LogP contribution in [0, 0.1) is 0 Å². The van der Waals surface area contributed by atoms with Gasteiger partial charge in [0, 0.05) is 57.2 Å². The van der Waals surface area contributed by atoms with Crippen molar-refractivity contribution in [3.05, 3.63) is 42.6 Å². The van der Waals surface area contributed by atoms with Crippen LogP contribution in [0.25, 0.3) is 0 Å². The number of allylic oxidation sites excluding steroid dienone is 1. The van der Waals surface area contributed by atoms with Crippen LogP contribution in [0.3, 0.4) is 0 Å². The van der Waals surface area contributed by atoms with Gasteiger partial charge in [-0.15, -0.1) is 0 Å². The number of carbonyl (C=O) groups is 1. The van der Waals surface area contributed by atoms with E-state index in [2.05, 4.69) is 25.3 Å². The summed E-state index contributed by atoms with van der Waals surface area (Å²) in [4.78, 5) is 30.3. The zero-order valence-corrected chi connectivity index (χ0v) is 14.1. The van der Waals surface area contributed by atoms with Crippen molar-refractivity contribution in [2.75, 3.05) is 36.4 Å². The quantitative estimate of drug-likeness (QED) is 0.622. The van der Waals surface area contributed by atoms with Crippen molar-refractivity contribution in [2.24, 2.45) is 0 Å². The largest absolute Gasteiger partial charge is 0.419 e. The Morgan fingerprint density at radius 2 is 1.67 bits per heavy atom. The molecule has 0 amide bonds. The molecule has 8 nitrogen and oxygen atoms in total. The number of carbonyl (C=O) groups excluding carboxylic acids is 1. The van der Waals surface area contributed by atoms with Crippen LogP contribution in [0.4, 0.5) is 30.8 Å². The molecule has 0 saturated carbocycles. The zero-order valence-electron chi connectivity index (χ0n) is 14.1. The standard InChI is InChI=1S/C16H16F3N7O/c17-16(18,19)12-10-22-15(23-11-12)24-13-14(21-3-2-20-13)26-7-5-25(6-8-26)4-1-9-27/h1-4,9-11H,5-8H2,(H,20,22,23,24). The molecule has 1 aliphatic rings. The van der Waals surface area contributed by atoms with Crippen molar-refractivity contribution in [2.45, 2.75) is 6.18 Å². The van der Waals surface area contributed by atoms with E-state index in [1.54, 1.807) is 6.20 Å². The fourth-order valence-electron chi connectivity index (χ4n) is 2.53. The van der Waals surface area contributed by atoms with Crippen LogP contribution in [0.1, 0.15) is 5.56 Å².